The third kappa shape index (κ3) is 4.08. The normalized spacial score (nSPS) is 8.58. The highest BCUT2D eigenvalue weighted by atomic mass is 32.1. The van der Waals surface area contributed by atoms with Crippen LogP contribution in [-0.4, -0.2) is 10.9 Å². The van der Waals surface area contributed by atoms with Gasteiger partial charge in [-0.2, -0.15) is 0 Å². The van der Waals surface area contributed by atoms with Gasteiger partial charge >= 0.3 is 0 Å². The molecular weight excluding hydrogens is 172 g/mol. The van der Waals surface area contributed by atoms with Gasteiger partial charge in [-0.25, -0.2) is 4.98 Å². The summed E-state index contributed by atoms with van der Waals surface area (Å²) in [5.41, 5.74) is 5.73. The van der Waals surface area contributed by atoms with Crippen LogP contribution in [0, 0.1) is 6.92 Å². The predicted octanol–water partition coefficient (Wildman–Crippen LogP) is 1.51. The van der Waals surface area contributed by atoms with E-state index >= 15 is 0 Å². The molecule has 0 atom stereocenters. The van der Waals surface area contributed by atoms with Gasteiger partial charge in [-0.15, -0.1) is 11.3 Å². The van der Waals surface area contributed by atoms with Crippen LogP contribution >= 0.6 is 11.3 Å². The van der Waals surface area contributed by atoms with E-state index in [0.29, 0.717) is 0 Å². The Labute approximate surface area is 76.6 Å². The van der Waals surface area contributed by atoms with E-state index < -0.39 is 0 Å². The van der Waals surface area contributed by atoms with Crippen LogP contribution in [-0.2, 0) is 11.2 Å². The minimum atomic E-state index is -0.328. The van der Waals surface area contributed by atoms with E-state index in [4.69, 9.17) is 5.73 Å². The van der Waals surface area contributed by atoms with E-state index in [1.54, 1.807) is 0 Å². The van der Waals surface area contributed by atoms with Gasteiger partial charge in [0.05, 0.1) is 17.1 Å². The van der Waals surface area contributed by atoms with E-state index in [2.05, 4.69) is 4.98 Å². The van der Waals surface area contributed by atoms with Crippen molar-refractivity contribution in [1.82, 2.24) is 4.98 Å². The SMILES string of the molecule is CC.Cc1nc(CC(N)=O)cs1. The summed E-state index contributed by atoms with van der Waals surface area (Å²) in [6, 6.07) is 0. The maximum atomic E-state index is 10.4. The zero-order valence-corrected chi connectivity index (χ0v) is 8.44. The summed E-state index contributed by atoms with van der Waals surface area (Å²) < 4.78 is 0. The Bertz CT molecular complexity index is 245. The van der Waals surface area contributed by atoms with Crippen molar-refractivity contribution in [3.8, 4) is 0 Å². The molecule has 0 unspecified atom stereocenters. The second-order valence-electron chi connectivity index (χ2n) is 2.00. The number of nitrogens with two attached hydrogens (primary N) is 1. The Morgan fingerprint density at radius 3 is 2.58 bits per heavy atom. The third-order valence-corrected chi connectivity index (χ3v) is 1.84. The molecule has 1 heterocycles. The fraction of sp³-hybridized carbons (Fsp3) is 0.500. The Hall–Kier alpha value is -0.900. The average molecular weight is 186 g/mol. The van der Waals surface area contributed by atoms with Crippen molar-refractivity contribution in [2.75, 3.05) is 0 Å². The summed E-state index contributed by atoms with van der Waals surface area (Å²) in [6.07, 6.45) is 0.254. The van der Waals surface area contributed by atoms with Crippen molar-refractivity contribution < 1.29 is 4.79 Å². The van der Waals surface area contributed by atoms with Crippen LogP contribution in [0.1, 0.15) is 24.5 Å². The maximum Gasteiger partial charge on any atom is 0.223 e. The van der Waals surface area contributed by atoms with Crippen molar-refractivity contribution >= 4 is 17.2 Å². The van der Waals surface area contributed by atoms with E-state index in [-0.39, 0.29) is 12.3 Å². The molecule has 0 aliphatic heterocycles. The first-order chi connectivity index (χ1) is 5.68. The number of aryl methyl sites for hydroxylation is 1. The van der Waals surface area contributed by atoms with Crippen LogP contribution in [0.5, 0.6) is 0 Å². The van der Waals surface area contributed by atoms with Crippen LogP contribution in [0.25, 0.3) is 0 Å². The highest BCUT2D eigenvalue weighted by Gasteiger charge is 2.00. The first-order valence-corrected chi connectivity index (χ1v) is 4.76. The molecule has 12 heavy (non-hydrogen) atoms. The minimum absolute atomic E-state index is 0.254. The number of nitrogens with zero attached hydrogens (tertiary/aromatic N) is 1. The molecule has 0 spiro atoms. The molecular formula is C8H14N2OS. The number of carbonyl (C=O) groups is 1. The molecule has 2 N–H and O–H groups in total. The van der Waals surface area contributed by atoms with Gasteiger partial charge in [0, 0.05) is 5.38 Å². The standard InChI is InChI=1S/C6H8N2OS.C2H6/c1-4-8-5(3-10-4)2-6(7)9;1-2/h3H,2H2,1H3,(H2,7,9);1-2H3. The zero-order valence-electron chi connectivity index (χ0n) is 7.63. The number of hydrogen-bond acceptors (Lipinski definition) is 3. The van der Waals surface area contributed by atoms with Gasteiger partial charge in [0.1, 0.15) is 0 Å². The molecule has 1 rings (SSSR count). The van der Waals surface area contributed by atoms with Crippen LogP contribution < -0.4 is 5.73 Å². The highest BCUT2D eigenvalue weighted by Crippen LogP contribution is 2.07. The fourth-order valence-electron chi connectivity index (χ4n) is 0.668. The van der Waals surface area contributed by atoms with Gasteiger partial charge in [0.25, 0.3) is 0 Å². The Morgan fingerprint density at radius 1 is 1.67 bits per heavy atom. The molecule has 0 aromatic carbocycles. The van der Waals surface area contributed by atoms with Crippen molar-refractivity contribution in [3.05, 3.63) is 16.1 Å². The molecule has 0 bridgehead atoms. The maximum absolute atomic E-state index is 10.4. The number of carbonyl (C=O) groups excluding carboxylic acids is 1. The summed E-state index contributed by atoms with van der Waals surface area (Å²) in [5.74, 6) is -0.328. The largest absolute Gasteiger partial charge is 0.369 e. The van der Waals surface area contributed by atoms with E-state index in [9.17, 15) is 4.79 Å². The van der Waals surface area contributed by atoms with Gasteiger partial charge in [0.2, 0.25) is 5.91 Å². The Kier molecular flexibility index (Phi) is 5.28. The first-order valence-electron chi connectivity index (χ1n) is 3.88. The molecule has 0 saturated carbocycles. The van der Waals surface area contributed by atoms with Crippen LogP contribution in [0.3, 0.4) is 0 Å². The van der Waals surface area contributed by atoms with E-state index in [0.717, 1.165) is 10.7 Å². The number of amides is 1. The van der Waals surface area contributed by atoms with Crippen molar-refractivity contribution in [2.24, 2.45) is 5.73 Å². The van der Waals surface area contributed by atoms with Gasteiger partial charge < -0.3 is 5.73 Å². The molecule has 0 fully saturated rings. The van der Waals surface area contributed by atoms with Gasteiger partial charge in [-0.05, 0) is 6.92 Å². The smallest absolute Gasteiger partial charge is 0.223 e. The lowest BCUT2D eigenvalue weighted by Crippen LogP contribution is -2.13. The number of thiazole rings is 1. The molecule has 68 valence electrons. The Balaban J connectivity index is 0.000000561. The molecule has 0 saturated heterocycles. The number of aromatic nitrogens is 1. The second kappa shape index (κ2) is 5.71. The number of hydrogen-bond donors (Lipinski definition) is 1. The summed E-state index contributed by atoms with van der Waals surface area (Å²) in [7, 11) is 0. The molecule has 1 aromatic heterocycles. The second-order valence-corrected chi connectivity index (χ2v) is 3.06. The van der Waals surface area contributed by atoms with Gasteiger partial charge in [-0.1, -0.05) is 13.8 Å². The minimum Gasteiger partial charge on any atom is -0.369 e. The third-order valence-electron chi connectivity index (χ3n) is 1.02. The highest BCUT2D eigenvalue weighted by molar-refractivity contribution is 7.09. The molecule has 0 radical (unpaired) electrons. The lowest BCUT2D eigenvalue weighted by molar-refractivity contribution is -0.117. The van der Waals surface area contributed by atoms with Gasteiger partial charge in [0.15, 0.2) is 0 Å². The summed E-state index contributed by atoms with van der Waals surface area (Å²) in [4.78, 5) is 14.4. The lowest BCUT2D eigenvalue weighted by Gasteiger charge is -1.86. The topological polar surface area (TPSA) is 56.0 Å². The molecule has 4 heteroatoms. The summed E-state index contributed by atoms with van der Waals surface area (Å²) in [5, 5.41) is 2.82. The van der Waals surface area contributed by atoms with Crippen LogP contribution in [0.4, 0.5) is 0 Å². The fourth-order valence-corrected chi connectivity index (χ4v) is 1.28. The lowest BCUT2D eigenvalue weighted by atomic mass is 10.3. The monoisotopic (exact) mass is 186 g/mol. The first kappa shape index (κ1) is 11.1. The van der Waals surface area contributed by atoms with Crippen molar-refractivity contribution in [2.45, 2.75) is 27.2 Å². The molecule has 0 aliphatic carbocycles. The van der Waals surface area contributed by atoms with Crippen LogP contribution in [0.2, 0.25) is 0 Å². The van der Waals surface area contributed by atoms with Gasteiger partial charge in [-0.3, -0.25) is 4.79 Å². The summed E-state index contributed by atoms with van der Waals surface area (Å²) >= 11 is 1.53. The Morgan fingerprint density at radius 2 is 2.25 bits per heavy atom. The van der Waals surface area contributed by atoms with Crippen molar-refractivity contribution in [3.63, 3.8) is 0 Å². The molecule has 1 aromatic rings. The predicted molar refractivity (Wildman–Crippen MR) is 51.1 cm³/mol. The van der Waals surface area contributed by atoms with E-state index in [1.807, 2.05) is 26.2 Å². The molecule has 3 nitrogen and oxygen atoms in total. The zero-order chi connectivity index (χ0) is 9.56. The quantitative estimate of drug-likeness (QED) is 0.761. The number of rotatable bonds is 2. The van der Waals surface area contributed by atoms with Crippen LogP contribution in [0.15, 0.2) is 5.38 Å². The van der Waals surface area contributed by atoms with E-state index in [1.165, 1.54) is 11.3 Å². The molecule has 1 amide bonds. The average Bonchev–Trinajstić information content (AvgIpc) is 2.39. The number of primary amides is 1. The molecule has 0 aliphatic rings. The van der Waals surface area contributed by atoms with Crippen molar-refractivity contribution in [1.29, 1.82) is 0 Å². The summed E-state index contributed by atoms with van der Waals surface area (Å²) in [6.45, 7) is 5.90.